The summed E-state index contributed by atoms with van der Waals surface area (Å²) in [5.74, 6) is -1.01. The number of aliphatic imine (C=N–C) groups is 2. The van der Waals surface area contributed by atoms with Crippen molar-refractivity contribution in [1.29, 1.82) is 0 Å². The average Bonchev–Trinajstić information content (AvgIpc) is 2.84. The molecule has 1 aliphatic carbocycles. The first kappa shape index (κ1) is 21.9. The third-order valence-corrected chi connectivity index (χ3v) is 5.83. The van der Waals surface area contributed by atoms with Crippen molar-refractivity contribution in [1.82, 2.24) is 4.90 Å². The van der Waals surface area contributed by atoms with E-state index in [1.165, 1.54) is 11.1 Å². The summed E-state index contributed by atoms with van der Waals surface area (Å²) in [6.07, 6.45) is 3.55. The first-order chi connectivity index (χ1) is 15.6. The van der Waals surface area contributed by atoms with E-state index in [0.29, 0.717) is 11.4 Å². The molecule has 1 fully saturated rings. The highest BCUT2D eigenvalue weighted by atomic mass is 16.5. The van der Waals surface area contributed by atoms with E-state index in [4.69, 9.17) is 4.74 Å². The first-order valence-electron chi connectivity index (χ1n) is 10.7. The number of carbonyl (C=O) groups is 1. The van der Waals surface area contributed by atoms with Crippen LogP contribution in [-0.2, 0) is 16.1 Å². The Balaban J connectivity index is 1.63. The second-order valence-corrected chi connectivity index (χ2v) is 7.77. The van der Waals surface area contributed by atoms with E-state index in [1.807, 2.05) is 18.2 Å². The molecule has 0 amide bonds. The van der Waals surface area contributed by atoms with Crippen LogP contribution >= 0.6 is 0 Å². The number of benzene rings is 2. The minimum absolute atomic E-state index is 0.158. The lowest BCUT2D eigenvalue weighted by molar-refractivity contribution is -0.132. The fraction of sp³-hybridized carbons (Fsp3) is 0.269. The van der Waals surface area contributed by atoms with Crippen LogP contribution < -0.4 is 0 Å². The van der Waals surface area contributed by atoms with Crippen LogP contribution in [-0.4, -0.2) is 67.8 Å². The number of carboxylic acids is 1. The molecule has 6 heteroatoms. The molecule has 164 valence electrons. The lowest BCUT2D eigenvalue weighted by Crippen LogP contribution is -2.35. The third-order valence-electron chi connectivity index (χ3n) is 5.83. The Hall–Kier alpha value is -3.35. The monoisotopic (exact) mass is 429 g/mol. The van der Waals surface area contributed by atoms with Crippen molar-refractivity contribution in [2.45, 2.75) is 6.54 Å². The molecule has 2 aromatic rings. The minimum Gasteiger partial charge on any atom is -0.478 e. The highest BCUT2D eigenvalue weighted by Crippen LogP contribution is 2.29. The predicted octanol–water partition coefficient (Wildman–Crippen LogP) is 3.74. The molecule has 4 rings (SSSR count). The topological polar surface area (TPSA) is 74.5 Å². The molecule has 1 saturated heterocycles. The standard InChI is InChI=1S/C26H27N3O3/c1-27-24-16-21(15-23(26(30)31)25(24)28-2)18-7-9-19(10-8-18)22-6-4-3-5-20(22)17-29-11-13-32-14-12-29/h3-10,15-16H,11-14,17H2,1-2H3,(H,30,31)/b27-24-,28-25-. The Bertz CT molecular complexity index is 1120. The maximum absolute atomic E-state index is 11.8. The SMILES string of the molecule is C/N=C1/C=C(c2ccc(-c3ccccc3CN3CCOCC3)cc2)C=C(C(=O)O)/C1=N/C. The molecule has 2 aromatic carbocycles. The molecule has 0 aromatic heterocycles. The minimum atomic E-state index is -1.01. The maximum Gasteiger partial charge on any atom is 0.337 e. The summed E-state index contributed by atoms with van der Waals surface area (Å²) in [7, 11) is 3.23. The number of hydrogen-bond donors (Lipinski definition) is 1. The lowest BCUT2D eigenvalue weighted by Gasteiger charge is -2.27. The van der Waals surface area contributed by atoms with Crippen molar-refractivity contribution in [3.8, 4) is 11.1 Å². The molecule has 0 unspecified atom stereocenters. The number of carboxylic acid groups (broad SMARTS) is 1. The van der Waals surface area contributed by atoms with Crippen LogP contribution in [0.25, 0.3) is 16.7 Å². The maximum atomic E-state index is 11.8. The first-order valence-corrected chi connectivity index (χ1v) is 10.7. The van der Waals surface area contributed by atoms with Gasteiger partial charge in [-0.25, -0.2) is 4.79 Å². The highest BCUT2D eigenvalue weighted by Gasteiger charge is 2.23. The average molecular weight is 430 g/mol. The van der Waals surface area contributed by atoms with Gasteiger partial charge in [0.25, 0.3) is 0 Å². The van der Waals surface area contributed by atoms with Gasteiger partial charge in [-0.3, -0.25) is 14.9 Å². The molecular formula is C26H27N3O3. The summed E-state index contributed by atoms with van der Waals surface area (Å²) in [6.45, 7) is 4.36. The largest absolute Gasteiger partial charge is 0.478 e. The van der Waals surface area contributed by atoms with Crippen molar-refractivity contribution in [3.05, 3.63) is 77.4 Å². The Morgan fingerprint density at radius 1 is 0.969 bits per heavy atom. The predicted molar refractivity (Wildman–Crippen MR) is 128 cm³/mol. The van der Waals surface area contributed by atoms with E-state index in [9.17, 15) is 9.90 Å². The van der Waals surface area contributed by atoms with Gasteiger partial charge in [0.2, 0.25) is 0 Å². The molecule has 1 aliphatic heterocycles. The van der Waals surface area contributed by atoms with Crippen molar-refractivity contribution < 1.29 is 14.6 Å². The summed E-state index contributed by atoms with van der Waals surface area (Å²) in [6, 6.07) is 16.7. The molecular weight excluding hydrogens is 402 g/mol. The fourth-order valence-corrected chi connectivity index (χ4v) is 4.14. The molecule has 0 radical (unpaired) electrons. The Morgan fingerprint density at radius 3 is 2.31 bits per heavy atom. The summed E-state index contributed by atoms with van der Waals surface area (Å²) in [5.41, 5.74) is 6.51. The molecule has 0 spiro atoms. The van der Waals surface area contributed by atoms with Gasteiger partial charge in [0.1, 0.15) is 0 Å². The molecule has 0 atom stereocenters. The Morgan fingerprint density at radius 2 is 1.66 bits per heavy atom. The molecule has 0 saturated carbocycles. The van der Waals surface area contributed by atoms with Crippen LogP contribution in [0.4, 0.5) is 0 Å². The van der Waals surface area contributed by atoms with Gasteiger partial charge in [-0.1, -0.05) is 48.5 Å². The number of allylic oxidation sites excluding steroid dienone is 3. The van der Waals surface area contributed by atoms with Crippen molar-refractivity contribution >= 4 is 23.0 Å². The van der Waals surface area contributed by atoms with Gasteiger partial charge in [0, 0.05) is 33.7 Å². The zero-order valence-corrected chi connectivity index (χ0v) is 18.4. The van der Waals surface area contributed by atoms with Gasteiger partial charge in [0.05, 0.1) is 30.2 Å². The van der Waals surface area contributed by atoms with Crippen LogP contribution in [0, 0.1) is 0 Å². The Labute approximate surface area is 188 Å². The van der Waals surface area contributed by atoms with Gasteiger partial charge in [-0.2, -0.15) is 0 Å². The van der Waals surface area contributed by atoms with Gasteiger partial charge in [0.15, 0.2) is 0 Å². The van der Waals surface area contributed by atoms with E-state index < -0.39 is 5.97 Å². The molecule has 2 aliphatic rings. The zero-order valence-electron chi connectivity index (χ0n) is 18.4. The second-order valence-electron chi connectivity index (χ2n) is 7.77. The number of morpholine rings is 1. The van der Waals surface area contributed by atoms with E-state index in [1.54, 1.807) is 20.2 Å². The highest BCUT2D eigenvalue weighted by molar-refractivity contribution is 6.58. The zero-order chi connectivity index (χ0) is 22.5. The van der Waals surface area contributed by atoms with E-state index >= 15 is 0 Å². The summed E-state index contributed by atoms with van der Waals surface area (Å²) in [5, 5.41) is 9.63. The smallest absolute Gasteiger partial charge is 0.337 e. The van der Waals surface area contributed by atoms with Crippen molar-refractivity contribution in [2.75, 3.05) is 40.4 Å². The number of ether oxygens (including phenoxy) is 1. The van der Waals surface area contributed by atoms with Crippen LogP contribution in [0.1, 0.15) is 11.1 Å². The second kappa shape index (κ2) is 9.85. The lowest BCUT2D eigenvalue weighted by atomic mass is 9.90. The van der Waals surface area contributed by atoms with Crippen molar-refractivity contribution in [2.24, 2.45) is 9.98 Å². The fourth-order valence-electron chi connectivity index (χ4n) is 4.14. The van der Waals surface area contributed by atoms with Gasteiger partial charge in [-0.05, 0) is 40.0 Å². The number of aliphatic carboxylic acids is 1. The van der Waals surface area contributed by atoms with Crippen LogP contribution in [0.5, 0.6) is 0 Å². The molecule has 1 N–H and O–H groups in total. The van der Waals surface area contributed by atoms with Crippen LogP contribution in [0.2, 0.25) is 0 Å². The number of nitrogens with zero attached hydrogens (tertiary/aromatic N) is 3. The normalized spacial score (nSPS) is 19.7. The third kappa shape index (κ3) is 4.61. The van der Waals surface area contributed by atoms with Gasteiger partial charge >= 0.3 is 5.97 Å². The van der Waals surface area contributed by atoms with E-state index in [0.717, 1.165) is 49.5 Å². The summed E-state index contributed by atoms with van der Waals surface area (Å²) >= 11 is 0. The van der Waals surface area contributed by atoms with Crippen molar-refractivity contribution in [3.63, 3.8) is 0 Å². The van der Waals surface area contributed by atoms with E-state index in [2.05, 4.69) is 51.3 Å². The molecule has 0 bridgehead atoms. The molecule has 6 nitrogen and oxygen atoms in total. The van der Waals surface area contributed by atoms with Gasteiger partial charge in [-0.15, -0.1) is 0 Å². The Kier molecular flexibility index (Phi) is 6.73. The summed E-state index contributed by atoms with van der Waals surface area (Å²) < 4.78 is 5.47. The van der Waals surface area contributed by atoms with Crippen LogP contribution in [0.3, 0.4) is 0 Å². The number of hydrogen-bond acceptors (Lipinski definition) is 5. The molecule has 32 heavy (non-hydrogen) atoms. The van der Waals surface area contributed by atoms with E-state index in [-0.39, 0.29) is 5.57 Å². The summed E-state index contributed by atoms with van der Waals surface area (Å²) in [4.78, 5) is 22.5. The number of rotatable bonds is 5. The quantitative estimate of drug-likeness (QED) is 0.735. The molecule has 1 heterocycles. The van der Waals surface area contributed by atoms with Gasteiger partial charge < -0.3 is 9.84 Å². The van der Waals surface area contributed by atoms with Crippen LogP contribution in [0.15, 0.2) is 76.2 Å².